The second kappa shape index (κ2) is 6.96. The van der Waals surface area contributed by atoms with Gasteiger partial charge < -0.3 is 10.6 Å². The van der Waals surface area contributed by atoms with Crippen molar-refractivity contribution in [3.05, 3.63) is 5.01 Å². The number of aromatic nitrogens is 2. The molecule has 106 valence electrons. The lowest BCUT2D eigenvalue weighted by molar-refractivity contribution is -0.116. The molecule has 1 unspecified atom stereocenters. The fraction of sp³-hybridized carbons (Fsp3) is 0.769. The summed E-state index contributed by atoms with van der Waals surface area (Å²) in [6, 6.07) is 0.325. The van der Waals surface area contributed by atoms with Crippen molar-refractivity contribution >= 4 is 22.4 Å². The minimum absolute atomic E-state index is 0.0339. The first kappa shape index (κ1) is 14.4. The van der Waals surface area contributed by atoms with Crippen molar-refractivity contribution < 1.29 is 4.79 Å². The van der Waals surface area contributed by atoms with Crippen LogP contribution in [0.4, 0.5) is 5.13 Å². The zero-order chi connectivity index (χ0) is 13.7. The predicted octanol–water partition coefficient (Wildman–Crippen LogP) is 2.52. The Labute approximate surface area is 118 Å². The number of carbonyl (C=O) groups is 1. The van der Waals surface area contributed by atoms with Crippen molar-refractivity contribution in [2.75, 3.05) is 11.9 Å². The molecule has 1 atom stereocenters. The average Bonchev–Trinajstić information content (AvgIpc) is 3.03. The van der Waals surface area contributed by atoms with Crippen LogP contribution in [0.1, 0.15) is 56.9 Å². The fourth-order valence-electron chi connectivity index (χ4n) is 2.41. The van der Waals surface area contributed by atoms with Gasteiger partial charge in [0.25, 0.3) is 0 Å². The molecule has 2 N–H and O–H groups in total. The van der Waals surface area contributed by atoms with E-state index in [4.69, 9.17) is 0 Å². The summed E-state index contributed by atoms with van der Waals surface area (Å²) >= 11 is 1.50. The Hall–Kier alpha value is -1.01. The first-order valence-electron chi connectivity index (χ1n) is 7.09. The lowest BCUT2D eigenvalue weighted by Crippen LogP contribution is -2.27. The average molecular weight is 282 g/mol. The second-order valence-electron chi connectivity index (χ2n) is 5.00. The standard InChI is InChI=1S/C13H22N4OS/c1-3-9(4-2)12-16-17-13(19-12)15-11(18)8-10-6-5-7-14-10/h9-10,14H,3-8H2,1-2H3,(H,15,17,18). The van der Waals surface area contributed by atoms with Crippen LogP contribution in [-0.4, -0.2) is 28.7 Å². The van der Waals surface area contributed by atoms with Gasteiger partial charge in [-0.05, 0) is 32.2 Å². The van der Waals surface area contributed by atoms with Crippen molar-refractivity contribution in [3.63, 3.8) is 0 Å². The van der Waals surface area contributed by atoms with Gasteiger partial charge in [0.05, 0.1) is 0 Å². The van der Waals surface area contributed by atoms with E-state index in [-0.39, 0.29) is 5.91 Å². The van der Waals surface area contributed by atoms with Crippen LogP contribution in [0.5, 0.6) is 0 Å². The molecule has 0 saturated carbocycles. The van der Waals surface area contributed by atoms with Crippen molar-refractivity contribution in [3.8, 4) is 0 Å². The van der Waals surface area contributed by atoms with Gasteiger partial charge in [-0.3, -0.25) is 4.79 Å². The van der Waals surface area contributed by atoms with Crippen LogP contribution in [0.25, 0.3) is 0 Å². The van der Waals surface area contributed by atoms with Crippen LogP contribution in [0.3, 0.4) is 0 Å². The minimum atomic E-state index is 0.0339. The van der Waals surface area contributed by atoms with Crippen molar-refractivity contribution in [2.24, 2.45) is 0 Å². The maximum absolute atomic E-state index is 11.9. The van der Waals surface area contributed by atoms with Gasteiger partial charge in [0, 0.05) is 18.4 Å². The number of hydrogen-bond donors (Lipinski definition) is 2. The van der Waals surface area contributed by atoms with E-state index in [1.807, 2.05) is 0 Å². The Balaban J connectivity index is 1.86. The highest BCUT2D eigenvalue weighted by atomic mass is 32.1. The molecule has 2 heterocycles. The number of carbonyl (C=O) groups excluding carboxylic acids is 1. The summed E-state index contributed by atoms with van der Waals surface area (Å²) in [7, 11) is 0. The third-order valence-corrected chi connectivity index (χ3v) is 4.62. The third-order valence-electron chi connectivity index (χ3n) is 3.62. The molecule has 0 bridgehead atoms. The van der Waals surface area contributed by atoms with Crippen molar-refractivity contribution in [1.29, 1.82) is 0 Å². The van der Waals surface area contributed by atoms with Gasteiger partial charge in [-0.15, -0.1) is 10.2 Å². The molecule has 1 aliphatic heterocycles. The molecular formula is C13H22N4OS. The van der Waals surface area contributed by atoms with Gasteiger partial charge in [-0.2, -0.15) is 0 Å². The molecule has 1 aromatic rings. The molecular weight excluding hydrogens is 260 g/mol. The fourth-order valence-corrected chi connectivity index (χ4v) is 3.44. The van der Waals surface area contributed by atoms with Gasteiger partial charge in [-0.25, -0.2) is 0 Å². The Morgan fingerprint density at radius 1 is 1.47 bits per heavy atom. The zero-order valence-corrected chi connectivity index (χ0v) is 12.4. The van der Waals surface area contributed by atoms with E-state index in [9.17, 15) is 4.79 Å². The molecule has 0 spiro atoms. The van der Waals surface area contributed by atoms with Crippen LogP contribution in [-0.2, 0) is 4.79 Å². The Morgan fingerprint density at radius 3 is 2.89 bits per heavy atom. The quantitative estimate of drug-likeness (QED) is 0.841. The zero-order valence-electron chi connectivity index (χ0n) is 11.6. The Bertz CT molecular complexity index is 411. The molecule has 19 heavy (non-hydrogen) atoms. The lowest BCUT2D eigenvalue weighted by atomic mass is 10.1. The second-order valence-corrected chi connectivity index (χ2v) is 6.01. The van der Waals surface area contributed by atoms with Gasteiger partial charge in [0.2, 0.25) is 11.0 Å². The molecule has 0 radical (unpaired) electrons. The number of nitrogens with one attached hydrogen (secondary N) is 2. The first-order chi connectivity index (χ1) is 9.22. The molecule has 6 heteroatoms. The maximum atomic E-state index is 11.9. The van der Waals surface area contributed by atoms with E-state index in [1.54, 1.807) is 0 Å². The van der Waals surface area contributed by atoms with Crippen molar-refractivity contribution in [1.82, 2.24) is 15.5 Å². The Morgan fingerprint density at radius 2 is 2.26 bits per heavy atom. The number of rotatable bonds is 6. The van der Waals surface area contributed by atoms with Crippen LogP contribution < -0.4 is 10.6 Å². The summed E-state index contributed by atoms with van der Waals surface area (Å²) in [6.45, 7) is 5.33. The number of anilines is 1. The van der Waals surface area contributed by atoms with E-state index >= 15 is 0 Å². The number of amides is 1. The summed E-state index contributed by atoms with van der Waals surface area (Å²) < 4.78 is 0. The molecule has 1 aromatic heterocycles. The SMILES string of the molecule is CCC(CC)c1nnc(NC(=O)CC2CCCN2)s1. The Kier molecular flexibility index (Phi) is 5.27. The summed E-state index contributed by atoms with van der Waals surface area (Å²) in [5.74, 6) is 0.492. The van der Waals surface area contributed by atoms with E-state index in [0.717, 1.165) is 37.2 Å². The maximum Gasteiger partial charge on any atom is 0.227 e. The highest BCUT2D eigenvalue weighted by Gasteiger charge is 2.19. The molecule has 1 aliphatic rings. The van der Waals surface area contributed by atoms with Crippen LogP contribution >= 0.6 is 11.3 Å². The summed E-state index contributed by atoms with van der Waals surface area (Å²) in [6.07, 6.45) is 4.90. The van der Waals surface area contributed by atoms with Gasteiger partial charge >= 0.3 is 0 Å². The molecule has 0 aliphatic carbocycles. The molecule has 0 aromatic carbocycles. The van der Waals surface area contributed by atoms with Crippen molar-refractivity contribution in [2.45, 2.75) is 57.9 Å². The molecule has 5 nitrogen and oxygen atoms in total. The summed E-state index contributed by atoms with van der Waals surface area (Å²) in [5, 5.41) is 16.1. The summed E-state index contributed by atoms with van der Waals surface area (Å²) in [5.41, 5.74) is 0. The normalized spacial score (nSPS) is 19.0. The van der Waals surface area contributed by atoms with E-state index in [0.29, 0.717) is 23.5 Å². The highest BCUT2D eigenvalue weighted by molar-refractivity contribution is 7.15. The smallest absolute Gasteiger partial charge is 0.227 e. The van der Waals surface area contributed by atoms with E-state index < -0.39 is 0 Å². The monoisotopic (exact) mass is 282 g/mol. The molecule has 1 fully saturated rings. The molecule has 1 saturated heterocycles. The van der Waals surface area contributed by atoms with E-state index in [2.05, 4.69) is 34.7 Å². The van der Waals surface area contributed by atoms with E-state index in [1.165, 1.54) is 11.3 Å². The van der Waals surface area contributed by atoms with Crippen LogP contribution in [0, 0.1) is 0 Å². The molecule has 1 amide bonds. The lowest BCUT2D eigenvalue weighted by Gasteiger charge is -2.08. The summed E-state index contributed by atoms with van der Waals surface area (Å²) in [4.78, 5) is 11.9. The highest BCUT2D eigenvalue weighted by Crippen LogP contribution is 2.28. The third kappa shape index (κ3) is 3.98. The minimum Gasteiger partial charge on any atom is -0.313 e. The van der Waals surface area contributed by atoms with Gasteiger partial charge in [0.15, 0.2) is 0 Å². The van der Waals surface area contributed by atoms with Crippen LogP contribution in [0.2, 0.25) is 0 Å². The number of nitrogens with zero attached hydrogens (tertiary/aromatic N) is 2. The topological polar surface area (TPSA) is 66.9 Å². The number of hydrogen-bond acceptors (Lipinski definition) is 5. The predicted molar refractivity (Wildman–Crippen MR) is 77.5 cm³/mol. The van der Waals surface area contributed by atoms with Crippen LogP contribution in [0.15, 0.2) is 0 Å². The largest absolute Gasteiger partial charge is 0.313 e. The first-order valence-corrected chi connectivity index (χ1v) is 7.91. The molecule has 2 rings (SSSR count). The van der Waals surface area contributed by atoms with Gasteiger partial charge in [0.1, 0.15) is 5.01 Å². The van der Waals surface area contributed by atoms with Gasteiger partial charge in [-0.1, -0.05) is 25.2 Å².